The summed E-state index contributed by atoms with van der Waals surface area (Å²) in [5, 5.41) is 0.136. The molecule has 2 aromatic heterocycles. The van der Waals surface area contributed by atoms with E-state index in [2.05, 4.69) is 19.1 Å². The van der Waals surface area contributed by atoms with Gasteiger partial charge in [0.1, 0.15) is 16.9 Å². The van der Waals surface area contributed by atoms with Gasteiger partial charge in [-0.05, 0) is 38.1 Å². The fourth-order valence-corrected chi connectivity index (χ4v) is 4.49. The number of nitrogens with zero attached hydrogens (tertiary/aromatic N) is 1. The van der Waals surface area contributed by atoms with Gasteiger partial charge in [0, 0.05) is 9.75 Å². The molecule has 0 N–H and O–H groups in total. The Hall–Kier alpha value is -1.20. The molecule has 0 radical (unpaired) electrons. The molecule has 1 atom stereocenters. The second-order valence-corrected chi connectivity index (χ2v) is 7.03. The Morgan fingerprint density at radius 2 is 2.16 bits per heavy atom. The lowest BCUT2D eigenvalue weighted by Gasteiger charge is -2.21. The van der Waals surface area contributed by atoms with Crippen LogP contribution in [0, 0.1) is 13.8 Å². The van der Waals surface area contributed by atoms with Gasteiger partial charge in [0.05, 0.1) is 12.3 Å². The fraction of sp³-hybridized carbons (Fsp3) is 0.357. The molecule has 0 aromatic carbocycles. The van der Waals surface area contributed by atoms with Crippen LogP contribution in [0.15, 0.2) is 28.7 Å². The molecule has 0 bridgehead atoms. The summed E-state index contributed by atoms with van der Waals surface area (Å²) in [7, 11) is 0. The number of rotatable bonds is 3. The molecular formula is C14H15NO2S2. The Morgan fingerprint density at radius 1 is 1.32 bits per heavy atom. The maximum Gasteiger partial charge on any atom is 0.234 e. The fourth-order valence-electron chi connectivity index (χ4n) is 2.18. The van der Waals surface area contributed by atoms with Crippen molar-refractivity contribution in [2.24, 2.45) is 0 Å². The van der Waals surface area contributed by atoms with Crippen molar-refractivity contribution >= 4 is 29.0 Å². The topological polar surface area (TPSA) is 33.5 Å². The minimum atomic E-state index is 0.136. The van der Waals surface area contributed by atoms with Gasteiger partial charge in [-0.2, -0.15) is 0 Å². The van der Waals surface area contributed by atoms with Gasteiger partial charge in [0.25, 0.3) is 0 Å². The molecule has 2 aromatic rings. The number of hydrogen-bond donors (Lipinski definition) is 0. The van der Waals surface area contributed by atoms with Gasteiger partial charge in [0.2, 0.25) is 5.91 Å². The zero-order valence-corrected chi connectivity index (χ0v) is 12.5. The molecule has 3 rings (SSSR count). The van der Waals surface area contributed by atoms with Gasteiger partial charge < -0.3 is 9.32 Å². The zero-order valence-electron chi connectivity index (χ0n) is 10.9. The molecule has 1 amide bonds. The van der Waals surface area contributed by atoms with E-state index in [1.54, 1.807) is 23.1 Å². The molecule has 3 heterocycles. The lowest BCUT2D eigenvalue weighted by atomic mass is 10.3. The molecule has 1 aliphatic heterocycles. The SMILES string of the molecule is Cc1ccc(CN2C(=O)CSC2c2ccc(C)s2)o1. The van der Waals surface area contributed by atoms with Gasteiger partial charge in [0.15, 0.2) is 0 Å². The second-order valence-electron chi connectivity index (χ2n) is 4.65. The van der Waals surface area contributed by atoms with E-state index >= 15 is 0 Å². The normalized spacial score (nSPS) is 19.4. The van der Waals surface area contributed by atoms with Crippen LogP contribution >= 0.6 is 23.1 Å². The van der Waals surface area contributed by atoms with Crippen LogP contribution in [-0.2, 0) is 11.3 Å². The van der Waals surface area contributed by atoms with Gasteiger partial charge in [-0.15, -0.1) is 23.1 Å². The Bertz CT molecular complexity index is 602. The number of amides is 1. The zero-order chi connectivity index (χ0) is 13.4. The first kappa shape index (κ1) is 12.8. The van der Waals surface area contributed by atoms with Crippen LogP contribution in [0.2, 0.25) is 0 Å². The molecule has 0 spiro atoms. The van der Waals surface area contributed by atoms with Crippen LogP contribution in [0.5, 0.6) is 0 Å². The molecule has 0 aliphatic carbocycles. The maximum atomic E-state index is 12.0. The Labute approximate surface area is 120 Å². The number of furan rings is 1. The summed E-state index contributed by atoms with van der Waals surface area (Å²) < 4.78 is 5.58. The van der Waals surface area contributed by atoms with Crippen LogP contribution in [0.4, 0.5) is 0 Å². The summed E-state index contributed by atoms with van der Waals surface area (Å²) in [4.78, 5) is 16.5. The highest BCUT2D eigenvalue weighted by Gasteiger charge is 2.34. The van der Waals surface area contributed by atoms with Crippen molar-refractivity contribution in [1.82, 2.24) is 4.90 Å². The van der Waals surface area contributed by atoms with Crippen molar-refractivity contribution in [2.45, 2.75) is 25.8 Å². The van der Waals surface area contributed by atoms with Gasteiger partial charge in [-0.3, -0.25) is 4.79 Å². The summed E-state index contributed by atoms with van der Waals surface area (Å²) in [5.74, 6) is 2.49. The van der Waals surface area contributed by atoms with Crippen molar-refractivity contribution in [3.05, 3.63) is 45.5 Å². The molecule has 3 nitrogen and oxygen atoms in total. The van der Waals surface area contributed by atoms with Crippen LogP contribution in [0.25, 0.3) is 0 Å². The average Bonchev–Trinajstić information content (AvgIpc) is 3.04. The van der Waals surface area contributed by atoms with E-state index in [1.807, 2.05) is 24.0 Å². The number of carbonyl (C=O) groups excluding carboxylic acids is 1. The number of thiophene rings is 1. The molecule has 1 aliphatic rings. The predicted molar refractivity (Wildman–Crippen MR) is 78.3 cm³/mol. The van der Waals surface area contributed by atoms with Crippen molar-refractivity contribution in [1.29, 1.82) is 0 Å². The highest BCUT2D eigenvalue weighted by Crippen LogP contribution is 2.42. The summed E-state index contributed by atoms with van der Waals surface area (Å²) in [6.07, 6.45) is 0. The molecule has 19 heavy (non-hydrogen) atoms. The smallest absolute Gasteiger partial charge is 0.234 e. The third-order valence-corrected chi connectivity index (χ3v) is 5.53. The monoisotopic (exact) mass is 293 g/mol. The van der Waals surface area contributed by atoms with E-state index in [4.69, 9.17) is 4.42 Å². The van der Waals surface area contributed by atoms with Gasteiger partial charge in [-0.1, -0.05) is 0 Å². The second kappa shape index (κ2) is 5.06. The van der Waals surface area contributed by atoms with E-state index in [1.165, 1.54) is 9.75 Å². The summed E-state index contributed by atoms with van der Waals surface area (Å²) in [6, 6.07) is 8.12. The Morgan fingerprint density at radius 3 is 2.79 bits per heavy atom. The molecule has 100 valence electrons. The number of thioether (sulfide) groups is 1. The number of aryl methyl sites for hydroxylation is 2. The molecule has 1 fully saturated rings. The number of hydrogen-bond acceptors (Lipinski definition) is 4. The quantitative estimate of drug-likeness (QED) is 0.864. The first-order valence-corrected chi connectivity index (χ1v) is 8.03. The van der Waals surface area contributed by atoms with Gasteiger partial charge in [-0.25, -0.2) is 0 Å². The van der Waals surface area contributed by atoms with E-state index in [0.717, 1.165) is 11.5 Å². The summed E-state index contributed by atoms with van der Waals surface area (Å²) >= 11 is 3.46. The lowest BCUT2D eigenvalue weighted by molar-refractivity contribution is -0.128. The molecule has 0 saturated carbocycles. The predicted octanol–water partition coefficient (Wildman–Crippen LogP) is 3.73. The van der Waals surface area contributed by atoms with Crippen LogP contribution in [0.1, 0.15) is 26.6 Å². The summed E-state index contributed by atoms with van der Waals surface area (Å²) in [6.45, 7) is 4.57. The van der Waals surface area contributed by atoms with Crippen LogP contribution < -0.4 is 0 Å². The van der Waals surface area contributed by atoms with E-state index in [9.17, 15) is 4.79 Å². The summed E-state index contributed by atoms with van der Waals surface area (Å²) in [5.41, 5.74) is 0. The molecule has 1 saturated heterocycles. The Kier molecular flexibility index (Phi) is 3.41. The Balaban J connectivity index is 1.82. The van der Waals surface area contributed by atoms with Crippen molar-refractivity contribution < 1.29 is 9.21 Å². The van der Waals surface area contributed by atoms with Crippen LogP contribution in [0.3, 0.4) is 0 Å². The van der Waals surface area contributed by atoms with Crippen molar-refractivity contribution in [3.8, 4) is 0 Å². The first-order valence-electron chi connectivity index (χ1n) is 6.16. The third kappa shape index (κ3) is 2.58. The molecule has 5 heteroatoms. The standard InChI is InChI=1S/C14H15NO2S2/c1-9-3-5-11(17-9)7-15-13(16)8-18-14(15)12-6-4-10(2)19-12/h3-6,14H,7-8H2,1-2H3. The number of carbonyl (C=O) groups is 1. The van der Waals surface area contributed by atoms with Crippen LogP contribution in [-0.4, -0.2) is 16.6 Å². The third-order valence-electron chi connectivity index (χ3n) is 3.09. The van der Waals surface area contributed by atoms with Gasteiger partial charge >= 0.3 is 0 Å². The molecule has 1 unspecified atom stereocenters. The maximum absolute atomic E-state index is 12.0. The highest BCUT2D eigenvalue weighted by atomic mass is 32.2. The lowest BCUT2D eigenvalue weighted by Crippen LogP contribution is -2.27. The highest BCUT2D eigenvalue weighted by molar-refractivity contribution is 8.00. The average molecular weight is 293 g/mol. The first-order chi connectivity index (χ1) is 9.13. The van der Waals surface area contributed by atoms with E-state index in [-0.39, 0.29) is 11.3 Å². The minimum Gasteiger partial charge on any atom is -0.464 e. The van der Waals surface area contributed by atoms with E-state index < -0.39 is 0 Å². The van der Waals surface area contributed by atoms with Crippen molar-refractivity contribution in [3.63, 3.8) is 0 Å². The minimum absolute atomic E-state index is 0.136. The molecular weight excluding hydrogens is 278 g/mol. The van der Waals surface area contributed by atoms with Crippen molar-refractivity contribution in [2.75, 3.05) is 5.75 Å². The van der Waals surface area contributed by atoms with E-state index in [0.29, 0.717) is 12.3 Å². The largest absolute Gasteiger partial charge is 0.464 e.